The Labute approximate surface area is 151 Å². The van der Waals surface area contributed by atoms with Crippen molar-refractivity contribution in [1.29, 1.82) is 0 Å². The Kier molecular flexibility index (Phi) is 4.30. The van der Waals surface area contributed by atoms with Crippen molar-refractivity contribution in [3.63, 3.8) is 0 Å². The number of aromatic nitrogens is 4. The maximum atomic E-state index is 13.8. The van der Waals surface area contributed by atoms with Crippen LogP contribution in [-0.2, 0) is 13.1 Å². The lowest BCUT2D eigenvalue weighted by Crippen LogP contribution is -2.39. The monoisotopic (exact) mass is 405 g/mol. The van der Waals surface area contributed by atoms with Gasteiger partial charge in [0.05, 0.1) is 12.6 Å². The normalized spacial score (nSPS) is 17.5. The van der Waals surface area contributed by atoms with Gasteiger partial charge in [0, 0.05) is 23.6 Å². The lowest BCUT2D eigenvalue weighted by molar-refractivity contribution is 0.163. The zero-order valence-corrected chi connectivity index (χ0v) is 14.7. The van der Waals surface area contributed by atoms with Gasteiger partial charge >= 0.3 is 0 Å². The van der Waals surface area contributed by atoms with Crippen molar-refractivity contribution in [2.24, 2.45) is 0 Å². The van der Waals surface area contributed by atoms with Gasteiger partial charge in [-0.1, -0.05) is 28.1 Å². The topological polar surface area (TPSA) is 46.8 Å². The predicted octanol–water partition coefficient (Wildman–Crippen LogP) is 3.32. The molecule has 0 aliphatic carbocycles. The lowest BCUT2D eigenvalue weighted by Gasteiger charge is -2.35. The lowest BCUT2D eigenvalue weighted by atomic mass is 10.0. The first-order valence-corrected chi connectivity index (χ1v) is 8.60. The van der Waals surface area contributed by atoms with Crippen LogP contribution >= 0.6 is 15.9 Å². The molecule has 4 rings (SSSR count). The van der Waals surface area contributed by atoms with Gasteiger partial charge in [-0.15, -0.1) is 5.10 Å². The molecule has 0 bridgehead atoms. The summed E-state index contributed by atoms with van der Waals surface area (Å²) in [6, 6.07) is 11.1. The van der Waals surface area contributed by atoms with Gasteiger partial charge < -0.3 is 0 Å². The third kappa shape index (κ3) is 3.32. The Morgan fingerprint density at radius 2 is 1.88 bits per heavy atom. The van der Waals surface area contributed by atoms with Crippen molar-refractivity contribution in [3.8, 4) is 0 Å². The Hall–Kier alpha value is -2.19. The highest BCUT2D eigenvalue weighted by molar-refractivity contribution is 9.10. The largest absolute Gasteiger partial charge is 0.284 e. The molecule has 1 atom stereocenters. The minimum absolute atomic E-state index is 0.409. The molecule has 1 aliphatic heterocycles. The van der Waals surface area contributed by atoms with Gasteiger partial charge in [0.2, 0.25) is 0 Å². The molecule has 1 aliphatic rings. The summed E-state index contributed by atoms with van der Waals surface area (Å²) in [6.45, 7) is 1.92. The molecular weight excluding hydrogens is 392 g/mol. The summed E-state index contributed by atoms with van der Waals surface area (Å²) in [5, 5.41) is 11.8. The zero-order valence-electron chi connectivity index (χ0n) is 13.1. The van der Waals surface area contributed by atoms with Crippen molar-refractivity contribution >= 4 is 15.9 Å². The molecule has 0 saturated heterocycles. The Morgan fingerprint density at radius 3 is 2.64 bits per heavy atom. The number of benzene rings is 2. The molecule has 2 heterocycles. The van der Waals surface area contributed by atoms with E-state index in [0.717, 1.165) is 16.1 Å². The summed E-state index contributed by atoms with van der Waals surface area (Å²) in [4.78, 5) is 2.13. The van der Waals surface area contributed by atoms with Gasteiger partial charge in [-0.25, -0.2) is 13.5 Å². The molecule has 5 nitrogen and oxygen atoms in total. The van der Waals surface area contributed by atoms with Crippen LogP contribution in [0.4, 0.5) is 8.78 Å². The van der Waals surface area contributed by atoms with Crippen LogP contribution in [0.5, 0.6) is 0 Å². The van der Waals surface area contributed by atoms with Gasteiger partial charge in [0.15, 0.2) is 5.82 Å². The maximum Gasteiger partial charge on any atom is 0.173 e. The molecule has 25 heavy (non-hydrogen) atoms. The van der Waals surface area contributed by atoms with E-state index >= 15 is 0 Å². The van der Waals surface area contributed by atoms with Crippen molar-refractivity contribution in [1.82, 2.24) is 25.1 Å². The summed E-state index contributed by atoms with van der Waals surface area (Å²) < 4.78 is 30.2. The fourth-order valence-corrected chi connectivity index (χ4v) is 3.66. The quantitative estimate of drug-likeness (QED) is 0.670. The van der Waals surface area contributed by atoms with E-state index in [1.807, 2.05) is 24.3 Å². The van der Waals surface area contributed by atoms with Crippen LogP contribution in [-0.4, -0.2) is 31.7 Å². The first-order chi connectivity index (χ1) is 12.1. The summed E-state index contributed by atoms with van der Waals surface area (Å²) in [5.74, 6) is -0.629. The first-order valence-electron chi connectivity index (χ1n) is 7.81. The molecule has 128 valence electrons. The van der Waals surface area contributed by atoms with E-state index in [2.05, 4.69) is 36.4 Å². The standard InChI is InChI=1S/C17H14BrF2N5/c18-13-3-1-2-11(6-13)10-24-4-5-25-17(21-22-23-25)16(24)12-7-14(19)9-15(20)8-12/h1-3,6-9,16H,4-5,10H2. The summed E-state index contributed by atoms with van der Waals surface area (Å²) in [6.07, 6.45) is 0. The van der Waals surface area contributed by atoms with Crippen molar-refractivity contribution in [2.45, 2.75) is 19.1 Å². The van der Waals surface area contributed by atoms with E-state index in [4.69, 9.17) is 0 Å². The highest BCUT2D eigenvalue weighted by Crippen LogP contribution is 2.32. The molecule has 0 saturated carbocycles. The molecule has 0 spiro atoms. The molecular formula is C17H14BrF2N5. The Bertz CT molecular complexity index is 893. The SMILES string of the molecule is Fc1cc(F)cc(C2c3nnnn3CCN2Cc2cccc(Br)c2)c1. The molecule has 1 aromatic heterocycles. The van der Waals surface area contributed by atoms with Crippen LogP contribution in [0, 0.1) is 11.6 Å². The summed E-state index contributed by atoms with van der Waals surface area (Å²) in [7, 11) is 0. The number of hydrogen-bond donors (Lipinski definition) is 0. The van der Waals surface area contributed by atoms with Gasteiger partial charge in [0.25, 0.3) is 0 Å². The molecule has 2 aromatic carbocycles. The average Bonchev–Trinajstić information content (AvgIpc) is 3.02. The highest BCUT2D eigenvalue weighted by atomic mass is 79.9. The Balaban J connectivity index is 1.75. The average molecular weight is 406 g/mol. The fraction of sp³-hybridized carbons (Fsp3) is 0.235. The molecule has 0 N–H and O–H groups in total. The number of halogens is 3. The predicted molar refractivity (Wildman–Crippen MR) is 90.6 cm³/mol. The molecule has 0 amide bonds. The van der Waals surface area contributed by atoms with Gasteiger partial charge in [-0.05, 0) is 45.8 Å². The van der Waals surface area contributed by atoms with Crippen LogP contribution in [0.2, 0.25) is 0 Å². The van der Waals surface area contributed by atoms with E-state index in [0.29, 0.717) is 31.0 Å². The van der Waals surface area contributed by atoms with E-state index in [1.54, 1.807) is 4.68 Å². The van der Waals surface area contributed by atoms with Crippen molar-refractivity contribution < 1.29 is 8.78 Å². The number of hydrogen-bond acceptors (Lipinski definition) is 4. The second-order valence-electron chi connectivity index (χ2n) is 5.97. The van der Waals surface area contributed by atoms with E-state index in [9.17, 15) is 8.78 Å². The second-order valence-corrected chi connectivity index (χ2v) is 6.88. The van der Waals surface area contributed by atoms with Crippen molar-refractivity contribution in [3.05, 3.63) is 75.5 Å². The van der Waals surface area contributed by atoms with Crippen LogP contribution in [0.3, 0.4) is 0 Å². The van der Waals surface area contributed by atoms with Crippen LogP contribution in [0.1, 0.15) is 23.0 Å². The zero-order chi connectivity index (χ0) is 17.4. The minimum atomic E-state index is -0.609. The van der Waals surface area contributed by atoms with Gasteiger partial charge in [0.1, 0.15) is 11.6 Å². The highest BCUT2D eigenvalue weighted by Gasteiger charge is 2.32. The number of tetrazole rings is 1. The number of rotatable bonds is 3. The van der Waals surface area contributed by atoms with Crippen LogP contribution in [0.15, 0.2) is 46.9 Å². The maximum absolute atomic E-state index is 13.8. The van der Waals surface area contributed by atoms with Crippen molar-refractivity contribution in [2.75, 3.05) is 6.54 Å². The smallest absolute Gasteiger partial charge is 0.173 e. The molecule has 3 aromatic rings. The van der Waals surface area contributed by atoms with E-state index in [1.165, 1.54) is 12.1 Å². The third-order valence-corrected chi connectivity index (χ3v) is 4.74. The molecule has 0 fully saturated rings. The Morgan fingerprint density at radius 1 is 1.08 bits per heavy atom. The first kappa shape index (κ1) is 16.3. The van der Waals surface area contributed by atoms with E-state index < -0.39 is 17.7 Å². The van der Waals surface area contributed by atoms with Crippen LogP contribution < -0.4 is 0 Å². The van der Waals surface area contributed by atoms with E-state index in [-0.39, 0.29) is 0 Å². The van der Waals surface area contributed by atoms with Gasteiger partial charge in [-0.2, -0.15) is 0 Å². The summed E-state index contributed by atoms with van der Waals surface area (Å²) in [5.41, 5.74) is 1.60. The van der Waals surface area contributed by atoms with Crippen LogP contribution in [0.25, 0.3) is 0 Å². The molecule has 8 heteroatoms. The number of fused-ring (bicyclic) bond motifs is 1. The molecule has 1 unspecified atom stereocenters. The molecule has 0 radical (unpaired) electrons. The summed E-state index contributed by atoms with van der Waals surface area (Å²) >= 11 is 3.47. The fourth-order valence-electron chi connectivity index (χ4n) is 3.22. The number of nitrogens with zero attached hydrogens (tertiary/aromatic N) is 5. The third-order valence-electron chi connectivity index (χ3n) is 4.24. The second kappa shape index (κ2) is 6.61. The minimum Gasteiger partial charge on any atom is -0.284 e. The van der Waals surface area contributed by atoms with Gasteiger partial charge in [-0.3, -0.25) is 4.90 Å².